The van der Waals surface area contributed by atoms with Crippen LogP contribution in [-0.4, -0.2) is 62.5 Å². The standard InChI is InChI=1S/C19H20BrN5O5S/c20-16-3-7-18(8-4-16)31(29,30)24-11-9-23(10-12-24)14-19(26)22-21-13-15-1-5-17(6-2-15)25(27)28/h1-8,13H,9-12,14H2,(H,22,26)/p+1/b21-13-. The number of hydrogen-bond donors (Lipinski definition) is 2. The quantitative estimate of drug-likeness (QED) is 0.316. The Morgan fingerprint density at radius 2 is 1.77 bits per heavy atom. The minimum Gasteiger partial charge on any atom is -0.325 e. The number of piperazine rings is 1. The van der Waals surface area contributed by atoms with Crippen LogP contribution in [-0.2, 0) is 14.8 Å². The third kappa shape index (κ3) is 6.17. The van der Waals surface area contributed by atoms with Gasteiger partial charge in [-0.2, -0.15) is 9.41 Å². The molecule has 2 aromatic rings. The topological polar surface area (TPSA) is 126 Å². The number of rotatable bonds is 7. The van der Waals surface area contributed by atoms with Gasteiger partial charge in [-0.25, -0.2) is 13.8 Å². The first kappa shape index (κ1) is 23.0. The molecule has 10 nitrogen and oxygen atoms in total. The fourth-order valence-electron chi connectivity index (χ4n) is 3.10. The number of amides is 1. The van der Waals surface area contributed by atoms with Crippen LogP contribution in [0, 0.1) is 10.1 Å². The van der Waals surface area contributed by atoms with E-state index in [1.165, 1.54) is 34.8 Å². The molecule has 0 bridgehead atoms. The molecule has 1 heterocycles. The number of hydrogen-bond acceptors (Lipinski definition) is 6. The maximum atomic E-state index is 12.7. The maximum absolute atomic E-state index is 12.7. The lowest BCUT2D eigenvalue weighted by Crippen LogP contribution is -3.15. The molecule has 2 N–H and O–H groups in total. The van der Waals surface area contributed by atoms with E-state index in [4.69, 9.17) is 0 Å². The van der Waals surface area contributed by atoms with Crippen LogP contribution < -0.4 is 10.3 Å². The second-order valence-electron chi connectivity index (χ2n) is 6.93. The van der Waals surface area contributed by atoms with Crippen molar-refractivity contribution in [3.8, 4) is 0 Å². The molecule has 0 radical (unpaired) electrons. The second-order valence-corrected chi connectivity index (χ2v) is 9.78. The molecule has 3 rings (SSSR count). The zero-order valence-electron chi connectivity index (χ0n) is 16.4. The number of sulfonamides is 1. The second kappa shape index (κ2) is 10.1. The summed E-state index contributed by atoms with van der Waals surface area (Å²) in [4.78, 5) is 23.5. The van der Waals surface area contributed by atoms with Crippen molar-refractivity contribution >= 4 is 43.8 Å². The molecule has 2 aromatic carbocycles. The van der Waals surface area contributed by atoms with Gasteiger partial charge >= 0.3 is 0 Å². The molecule has 12 heteroatoms. The number of carbonyl (C=O) groups is 1. The van der Waals surface area contributed by atoms with E-state index < -0.39 is 14.9 Å². The predicted octanol–water partition coefficient (Wildman–Crippen LogP) is 0.397. The van der Waals surface area contributed by atoms with Crippen molar-refractivity contribution in [3.63, 3.8) is 0 Å². The summed E-state index contributed by atoms with van der Waals surface area (Å²) >= 11 is 3.29. The monoisotopic (exact) mass is 510 g/mol. The zero-order valence-corrected chi connectivity index (χ0v) is 18.8. The molecule has 0 aliphatic carbocycles. The zero-order chi connectivity index (χ0) is 22.4. The lowest BCUT2D eigenvalue weighted by molar-refractivity contribution is -0.895. The molecule has 1 aliphatic rings. The van der Waals surface area contributed by atoms with Crippen LogP contribution in [0.5, 0.6) is 0 Å². The van der Waals surface area contributed by atoms with Gasteiger partial charge in [0.15, 0.2) is 6.54 Å². The van der Waals surface area contributed by atoms with Gasteiger partial charge in [0, 0.05) is 16.6 Å². The van der Waals surface area contributed by atoms with Crippen LogP contribution >= 0.6 is 15.9 Å². The van der Waals surface area contributed by atoms with Crippen LogP contribution in [0.25, 0.3) is 0 Å². The maximum Gasteiger partial charge on any atom is 0.295 e. The molecule has 1 amide bonds. The molecule has 0 saturated carbocycles. The summed E-state index contributed by atoms with van der Waals surface area (Å²) in [6.45, 7) is 1.84. The van der Waals surface area contributed by atoms with Gasteiger partial charge < -0.3 is 4.90 Å². The van der Waals surface area contributed by atoms with E-state index in [1.807, 2.05) is 0 Å². The molecule has 1 saturated heterocycles. The lowest BCUT2D eigenvalue weighted by atomic mass is 10.2. The number of quaternary nitrogens is 1. The van der Waals surface area contributed by atoms with E-state index in [1.54, 1.807) is 24.3 Å². The van der Waals surface area contributed by atoms with E-state index in [0.717, 1.165) is 9.37 Å². The average Bonchev–Trinajstić information content (AvgIpc) is 2.75. The summed E-state index contributed by atoms with van der Waals surface area (Å²) in [7, 11) is -3.55. The first-order valence-electron chi connectivity index (χ1n) is 9.41. The summed E-state index contributed by atoms with van der Waals surface area (Å²) in [5, 5.41) is 14.5. The van der Waals surface area contributed by atoms with Gasteiger partial charge in [-0.15, -0.1) is 0 Å². The fourth-order valence-corrected chi connectivity index (χ4v) is 4.81. The number of non-ortho nitro benzene ring substituents is 1. The molecule has 0 unspecified atom stereocenters. The Labute approximate surface area is 187 Å². The number of nitro benzene ring substituents is 1. The van der Waals surface area contributed by atoms with E-state index >= 15 is 0 Å². The lowest BCUT2D eigenvalue weighted by Gasteiger charge is -2.31. The molecule has 164 valence electrons. The molecular weight excluding hydrogens is 490 g/mol. The highest BCUT2D eigenvalue weighted by molar-refractivity contribution is 9.10. The minimum atomic E-state index is -3.55. The van der Waals surface area contributed by atoms with Crippen molar-refractivity contribution in [2.75, 3.05) is 32.7 Å². The summed E-state index contributed by atoms with van der Waals surface area (Å²) in [6, 6.07) is 12.3. The van der Waals surface area contributed by atoms with Crippen molar-refractivity contribution in [3.05, 3.63) is 68.7 Å². The van der Waals surface area contributed by atoms with Crippen molar-refractivity contribution in [2.45, 2.75) is 4.90 Å². The van der Waals surface area contributed by atoms with Gasteiger partial charge in [0.2, 0.25) is 10.0 Å². The van der Waals surface area contributed by atoms with Crippen molar-refractivity contribution in [1.29, 1.82) is 0 Å². The summed E-state index contributed by atoms with van der Waals surface area (Å²) < 4.78 is 27.7. The van der Waals surface area contributed by atoms with Crippen LogP contribution in [0.1, 0.15) is 5.56 Å². The van der Waals surface area contributed by atoms with Crippen LogP contribution in [0.2, 0.25) is 0 Å². The average molecular weight is 511 g/mol. The van der Waals surface area contributed by atoms with Gasteiger partial charge in [-0.05, 0) is 42.0 Å². The summed E-state index contributed by atoms with van der Waals surface area (Å²) in [5.74, 6) is -0.294. The molecular formula is C19H21BrN5O5S+. The molecule has 31 heavy (non-hydrogen) atoms. The SMILES string of the molecule is O=C(C[NH+]1CCN(S(=O)(=O)c2ccc(Br)cc2)CC1)N/N=C\c1ccc([N+](=O)[O-])cc1. The Kier molecular flexibility index (Phi) is 7.49. The van der Waals surface area contributed by atoms with Gasteiger partial charge in [0.05, 0.1) is 42.2 Å². The Morgan fingerprint density at radius 3 is 2.35 bits per heavy atom. The van der Waals surface area contributed by atoms with E-state index in [9.17, 15) is 23.3 Å². The highest BCUT2D eigenvalue weighted by atomic mass is 79.9. The highest BCUT2D eigenvalue weighted by Crippen LogP contribution is 2.18. The van der Waals surface area contributed by atoms with Crippen LogP contribution in [0.15, 0.2) is 63.0 Å². The molecule has 1 fully saturated rings. The van der Waals surface area contributed by atoms with Crippen LogP contribution in [0.3, 0.4) is 0 Å². The van der Waals surface area contributed by atoms with Crippen molar-refractivity contribution in [2.24, 2.45) is 5.10 Å². The van der Waals surface area contributed by atoms with Crippen molar-refractivity contribution < 1.29 is 23.0 Å². The number of nitro groups is 1. The highest BCUT2D eigenvalue weighted by Gasteiger charge is 2.31. The van der Waals surface area contributed by atoms with E-state index in [0.29, 0.717) is 31.7 Å². The molecule has 0 atom stereocenters. The molecule has 1 aliphatic heterocycles. The normalized spacial score (nSPS) is 15.8. The summed E-state index contributed by atoms with van der Waals surface area (Å²) in [6.07, 6.45) is 1.40. The predicted molar refractivity (Wildman–Crippen MR) is 117 cm³/mol. The number of benzene rings is 2. The Bertz CT molecular complexity index is 1070. The number of hydrazone groups is 1. The van der Waals surface area contributed by atoms with Gasteiger partial charge in [-0.3, -0.25) is 14.9 Å². The minimum absolute atomic E-state index is 0.0222. The third-order valence-corrected chi connectivity index (χ3v) is 7.24. The van der Waals surface area contributed by atoms with Gasteiger partial charge in [0.25, 0.3) is 11.6 Å². The third-order valence-electron chi connectivity index (χ3n) is 4.80. The number of halogens is 1. The number of nitrogens with zero attached hydrogens (tertiary/aromatic N) is 3. The van der Waals surface area contributed by atoms with E-state index in [2.05, 4.69) is 26.5 Å². The van der Waals surface area contributed by atoms with Gasteiger partial charge in [0.1, 0.15) is 0 Å². The Hall–Kier alpha value is -2.67. The molecule has 0 spiro atoms. The first-order valence-corrected chi connectivity index (χ1v) is 11.6. The Balaban J connectivity index is 1.46. The number of carbonyl (C=O) groups excluding carboxylic acids is 1. The number of nitrogens with one attached hydrogen (secondary N) is 2. The van der Waals surface area contributed by atoms with Crippen LogP contribution in [0.4, 0.5) is 5.69 Å². The smallest absolute Gasteiger partial charge is 0.295 e. The Morgan fingerprint density at radius 1 is 1.16 bits per heavy atom. The van der Waals surface area contributed by atoms with Gasteiger partial charge in [-0.1, -0.05) is 15.9 Å². The van der Waals surface area contributed by atoms with Crippen molar-refractivity contribution in [1.82, 2.24) is 9.73 Å². The summed E-state index contributed by atoms with van der Waals surface area (Å²) in [5.41, 5.74) is 3.02. The largest absolute Gasteiger partial charge is 0.325 e. The van der Waals surface area contributed by atoms with E-state index in [-0.39, 0.29) is 23.0 Å². The fraction of sp³-hybridized carbons (Fsp3) is 0.263. The molecule has 0 aromatic heterocycles. The first-order chi connectivity index (χ1) is 14.8.